The van der Waals surface area contributed by atoms with E-state index in [1.165, 1.54) is 0 Å². The fourth-order valence-electron chi connectivity index (χ4n) is 5.88. The topological polar surface area (TPSA) is 92.9 Å². The normalized spacial score (nSPS) is 22.4. The van der Waals surface area contributed by atoms with Gasteiger partial charge in [-0.15, -0.1) is 0 Å². The van der Waals surface area contributed by atoms with Crippen LogP contribution in [0.3, 0.4) is 0 Å². The van der Waals surface area contributed by atoms with Crippen molar-refractivity contribution in [2.75, 3.05) is 5.32 Å². The number of Topliss-reactive ketones (excluding diaryl/α,β-unsaturated/α-hetero) is 1. The fourth-order valence-corrected chi connectivity index (χ4v) is 5.88. The number of carbonyl (C=O) groups is 1. The molecule has 0 amide bonds. The molecular formula is C28H34F3N5O2. The summed E-state index contributed by atoms with van der Waals surface area (Å²) in [5, 5.41) is 13.9. The molecule has 0 bridgehead atoms. The summed E-state index contributed by atoms with van der Waals surface area (Å²) in [6.45, 7) is 4.12. The third-order valence-electron chi connectivity index (χ3n) is 7.93. The highest BCUT2D eigenvalue weighted by atomic mass is 19.1. The molecule has 2 aliphatic rings. The van der Waals surface area contributed by atoms with Crippen LogP contribution in [0.2, 0.25) is 0 Å². The molecule has 3 aromatic rings. The van der Waals surface area contributed by atoms with E-state index in [4.69, 9.17) is 4.98 Å². The molecule has 2 heterocycles. The fraction of sp³-hybridized carbons (Fsp3) is 0.571. The number of benzene rings is 1. The predicted molar refractivity (Wildman–Crippen MR) is 138 cm³/mol. The summed E-state index contributed by atoms with van der Waals surface area (Å²) in [5.74, 6) is -1.82. The zero-order valence-electron chi connectivity index (χ0n) is 21.8. The van der Waals surface area contributed by atoms with Gasteiger partial charge in [0.2, 0.25) is 5.95 Å². The van der Waals surface area contributed by atoms with Crippen LogP contribution in [0.25, 0.3) is 11.2 Å². The Morgan fingerprint density at radius 1 is 1.11 bits per heavy atom. The summed E-state index contributed by atoms with van der Waals surface area (Å²) in [7, 11) is 0. The highest BCUT2D eigenvalue weighted by Gasteiger charge is 2.41. The van der Waals surface area contributed by atoms with E-state index in [2.05, 4.69) is 29.1 Å². The third kappa shape index (κ3) is 5.41. The van der Waals surface area contributed by atoms with Crippen molar-refractivity contribution in [2.45, 2.75) is 89.7 Å². The van der Waals surface area contributed by atoms with Gasteiger partial charge >= 0.3 is 0 Å². The number of nitrogens with zero attached hydrogens (tertiary/aromatic N) is 4. The second kappa shape index (κ2) is 10.6. The van der Waals surface area contributed by atoms with E-state index in [1.54, 1.807) is 10.8 Å². The monoisotopic (exact) mass is 529 g/mol. The van der Waals surface area contributed by atoms with Crippen LogP contribution in [0.1, 0.15) is 83.5 Å². The molecule has 2 saturated carbocycles. The third-order valence-corrected chi connectivity index (χ3v) is 7.93. The van der Waals surface area contributed by atoms with Crippen LogP contribution >= 0.6 is 0 Å². The molecule has 0 aliphatic heterocycles. The van der Waals surface area contributed by atoms with Gasteiger partial charge in [-0.25, -0.2) is 28.1 Å². The maximum atomic E-state index is 14.5. The van der Waals surface area contributed by atoms with Crippen LogP contribution < -0.4 is 5.32 Å². The molecule has 204 valence electrons. The van der Waals surface area contributed by atoms with E-state index in [0.717, 1.165) is 25.7 Å². The Kier molecular flexibility index (Phi) is 7.44. The molecule has 2 fully saturated rings. The Morgan fingerprint density at radius 2 is 1.76 bits per heavy atom. The van der Waals surface area contributed by atoms with Gasteiger partial charge in [-0.05, 0) is 37.5 Å². The van der Waals surface area contributed by atoms with Crippen molar-refractivity contribution in [3.63, 3.8) is 0 Å². The first-order valence-corrected chi connectivity index (χ1v) is 13.5. The summed E-state index contributed by atoms with van der Waals surface area (Å²) in [6.07, 6.45) is 8.49. The number of ketones is 1. The first kappa shape index (κ1) is 26.6. The van der Waals surface area contributed by atoms with Crippen LogP contribution in [-0.2, 0) is 11.2 Å². The number of halogens is 3. The van der Waals surface area contributed by atoms with Crippen molar-refractivity contribution in [1.29, 1.82) is 0 Å². The molecule has 0 spiro atoms. The molecule has 10 heteroatoms. The van der Waals surface area contributed by atoms with Crippen molar-refractivity contribution >= 4 is 28.6 Å². The van der Waals surface area contributed by atoms with Crippen molar-refractivity contribution in [2.24, 2.45) is 11.8 Å². The highest BCUT2D eigenvalue weighted by molar-refractivity contribution is 5.87. The average Bonchev–Trinajstić information content (AvgIpc) is 3.49. The first-order chi connectivity index (χ1) is 18.1. The van der Waals surface area contributed by atoms with E-state index in [9.17, 15) is 23.1 Å². The lowest BCUT2D eigenvalue weighted by Crippen LogP contribution is -2.43. The zero-order valence-corrected chi connectivity index (χ0v) is 21.8. The van der Waals surface area contributed by atoms with Crippen molar-refractivity contribution in [3.8, 4) is 0 Å². The second-order valence-electron chi connectivity index (χ2n) is 11.3. The van der Waals surface area contributed by atoms with E-state index in [-0.39, 0.29) is 30.6 Å². The Hall–Kier alpha value is -3.01. The van der Waals surface area contributed by atoms with E-state index in [1.807, 2.05) is 0 Å². The minimum atomic E-state index is -1.37. The van der Waals surface area contributed by atoms with Crippen molar-refractivity contribution < 1.29 is 23.1 Å². The molecule has 0 saturated heterocycles. The van der Waals surface area contributed by atoms with Gasteiger partial charge in [0.25, 0.3) is 0 Å². The molecule has 5 rings (SSSR count). The lowest BCUT2D eigenvalue weighted by molar-refractivity contribution is -0.142. The molecule has 0 atom stereocenters. The number of fused-ring (bicyclic) bond motifs is 1. The van der Waals surface area contributed by atoms with E-state index < -0.39 is 28.7 Å². The molecule has 2 aliphatic carbocycles. The number of anilines is 2. The number of imidazole rings is 1. The number of nitrogens with one attached hydrogen (secondary N) is 1. The van der Waals surface area contributed by atoms with Gasteiger partial charge in [0, 0.05) is 31.0 Å². The lowest BCUT2D eigenvalue weighted by Gasteiger charge is -2.36. The Balaban J connectivity index is 1.46. The van der Waals surface area contributed by atoms with Crippen LogP contribution in [-0.4, -0.2) is 36.0 Å². The summed E-state index contributed by atoms with van der Waals surface area (Å²) in [6, 6.07) is 0.987. The van der Waals surface area contributed by atoms with E-state index in [0.29, 0.717) is 66.6 Å². The minimum Gasteiger partial charge on any atom is -0.382 e. The average molecular weight is 530 g/mol. The maximum Gasteiger partial charge on any atom is 0.210 e. The lowest BCUT2D eigenvalue weighted by atomic mass is 9.77. The van der Waals surface area contributed by atoms with Crippen molar-refractivity contribution in [3.05, 3.63) is 41.6 Å². The predicted octanol–water partition coefficient (Wildman–Crippen LogP) is 6.18. The molecule has 0 unspecified atom stereocenters. The second-order valence-corrected chi connectivity index (χ2v) is 11.3. The van der Waals surface area contributed by atoms with Gasteiger partial charge < -0.3 is 10.4 Å². The number of carbonyl (C=O) groups excluding carboxylic acids is 1. The quantitative estimate of drug-likeness (QED) is 0.362. The number of aliphatic hydroxyl groups is 1. The SMILES string of the molecule is CC(C)Cc1ncc2nc(Nc3c(F)cc(F)cc3F)n(C3CCC(O)(C(=O)CC4CCCC4)CC3)c2n1. The zero-order chi connectivity index (χ0) is 27.0. The summed E-state index contributed by atoms with van der Waals surface area (Å²) in [5.41, 5.74) is -0.928. The number of hydrogen-bond donors (Lipinski definition) is 2. The van der Waals surface area contributed by atoms with Gasteiger partial charge in [-0.3, -0.25) is 9.36 Å². The first-order valence-electron chi connectivity index (χ1n) is 13.5. The molecule has 2 aromatic heterocycles. The number of hydrogen-bond acceptors (Lipinski definition) is 6. The maximum absolute atomic E-state index is 14.5. The molecular weight excluding hydrogens is 495 g/mol. The van der Waals surface area contributed by atoms with Gasteiger partial charge in [0.05, 0.1) is 6.20 Å². The van der Waals surface area contributed by atoms with Crippen molar-refractivity contribution in [1.82, 2.24) is 19.5 Å². The van der Waals surface area contributed by atoms with Gasteiger partial charge in [0.15, 0.2) is 23.1 Å². The Morgan fingerprint density at radius 3 is 2.39 bits per heavy atom. The molecule has 2 N–H and O–H groups in total. The van der Waals surface area contributed by atoms with Gasteiger partial charge in [0.1, 0.15) is 28.4 Å². The van der Waals surface area contributed by atoms with Gasteiger partial charge in [-0.1, -0.05) is 39.5 Å². The van der Waals surface area contributed by atoms with Crippen LogP contribution in [0, 0.1) is 29.3 Å². The van der Waals surface area contributed by atoms with Crippen LogP contribution in [0.4, 0.5) is 24.8 Å². The Labute approximate surface area is 219 Å². The smallest absolute Gasteiger partial charge is 0.210 e. The molecule has 7 nitrogen and oxygen atoms in total. The largest absolute Gasteiger partial charge is 0.382 e. The highest BCUT2D eigenvalue weighted by Crippen LogP contribution is 2.41. The van der Waals surface area contributed by atoms with Crippen LogP contribution in [0.5, 0.6) is 0 Å². The molecule has 1 aromatic carbocycles. The number of aromatic nitrogens is 4. The summed E-state index contributed by atoms with van der Waals surface area (Å²) < 4.78 is 44.3. The molecule has 0 radical (unpaired) electrons. The number of rotatable bonds is 8. The minimum absolute atomic E-state index is 0.0892. The van der Waals surface area contributed by atoms with Gasteiger partial charge in [-0.2, -0.15) is 0 Å². The summed E-state index contributed by atoms with van der Waals surface area (Å²) in [4.78, 5) is 26.7. The Bertz CT molecular complexity index is 1300. The molecule has 38 heavy (non-hydrogen) atoms. The van der Waals surface area contributed by atoms with E-state index >= 15 is 0 Å². The van der Waals surface area contributed by atoms with Crippen LogP contribution in [0.15, 0.2) is 18.3 Å². The standard InChI is InChI=1S/C28H34F3N5O2/c1-16(2)11-24-32-15-22-26(34-24)36(27(33-22)35-25-20(30)13-18(29)14-21(25)31)19-7-9-28(38,10-8-19)23(37)12-17-5-3-4-6-17/h13-17,19,38H,3-12H2,1-2H3,(H,33,35). The summed E-state index contributed by atoms with van der Waals surface area (Å²) >= 11 is 0.